The van der Waals surface area contributed by atoms with Gasteiger partial charge in [-0.15, -0.1) is 0 Å². The normalized spacial score (nSPS) is 11.1. The van der Waals surface area contributed by atoms with Crippen molar-refractivity contribution in [2.24, 2.45) is 14.1 Å². The van der Waals surface area contributed by atoms with E-state index in [-0.39, 0.29) is 18.2 Å². The zero-order valence-corrected chi connectivity index (χ0v) is 21.0. The van der Waals surface area contributed by atoms with Crippen molar-refractivity contribution in [1.29, 1.82) is 0 Å². The lowest BCUT2D eigenvalue weighted by Crippen LogP contribution is -2.31. The van der Waals surface area contributed by atoms with Crippen LogP contribution in [0.15, 0.2) is 29.6 Å². The summed E-state index contributed by atoms with van der Waals surface area (Å²) in [6.07, 6.45) is 4.97. The number of aromatic nitrogens is 7. The van der Waals surface area contributed by atoms with Gasteiger partial charge in [0.1, 0.15) is 16.7 Å². The SMILES string of the molecule is C=Cc1c(C(=O)N(C)CCOc2c(-c3cc4c(Br)[nH]nc4cn3)cnn2C)nn(C)c1OCC. The molecule has 0 saturated carbocycles. The lowest BCUT2D eigenvalue weighted by Gasteiger charge is -2.17. The number of carbonyl (C=O) groups excluding carboxylic acids is 1. The number of hydrogen-bond donors (Lipinski definition) is 1. The minimum Gasteiger partial charge on any atom is -0.478 e. The standard InChI is InChI=1S/C22H25BrN8O3/c1-6-13-18(28-31(5)21(13)33-7-2)20(32)29(3)8-9-34-22-15(11-25-30(22)4)16-10-14-17(12-24-16)26-27-19(14)23/h6,10-12H,1,7-9H2,2-5H3,(H,26,27). The summed E-state index contributed by atoms with van der Waals surface area (Å²) < 4.78 is 15.6. The lowest BCUT2D eigenvalue weighted by molar-refractivity contribution is 0.0765. The Labute approximate surface area is 204 Å². The van der Waals surface area contributed by atoms with Crippen LogP contribution in [0.4, 0.5) is 0 Å². The molecule has 0 aliphatic rings. The summed E-state index contributed by atoms with van der Waals surface area (Å²) in [6.45, 7) is 6.72. The lowest BCUT2D eigenvalue weighted by atomic mass is 10.2. The van der Waals surface area contributed by atoms with Crippen LogP contribution >= 0.6 is 15.9 Å². The molecule has 1 amide bonds. The quantitative estimate of drug-likeness (QED) is 0.354. The zero-order chi connectivity index (χ0) is 24.4. The molecule has 0 bridgehead atoms. The predicted octanol–water partition coefficient (Wildman–Crippen LogP) is 3.05. The summed E-state index contributed by atoms with van der Waals surface area (Å²) in [6, 6.07) is 1.91. The fourth-order valence-corrected chi connectivity index (χ4v) is 3.95. The average molecular weight is 529 g/mol. The number of halogens is 1. The Morgan fingerprint density at radius 1 is 1.26 bits per heavy atom. The molecule has 4 aromatic rings. The van der Waals surface area contributed by atoms with Gasteiger partial charge in [-0.3, -0.25) is 14.9 Å². The first-order valence-corrected chi connectivity index (χ1v) is 11.4. The highest BCUT2D eigenvalue weighted by Crippen LogP contribution is 2.31. The van der Waals surface area contributed by atoms with Gasteiger partial charge in [-0.2, -0.15) is 15.3 Å². The molecule has 1 N–H and O–H groups in total. The number of ether oxygens (including phenoxy) is 2. The van der Waals surface area contributed by atoms with Crippen LogP contribution < -0.4 is 9.47 Å². The number of amides is 1. The molecule has 0 radical (unpaired) electrons. The minimum atomic E-state index is -0.248. The molecular weight excluding hydrogens is 504 g/mol. The molecule has 0 unspecified atom stereocenters. The molecule has 0 saturated heterocycles. The largest absolute Gasteiger partial charge is 0.478 e. The molecule has 0 atom stereocenters. The molecule has 0 aliphatic heterocycles. The highest BCUT2D eigenvalue weighted by Gasteiger charge is 2.24. The van der Waals surface area contributed by atoms with E-state index in [0.717, 1.165) is 21.1 Å². The molecule has 178 valence electrons. The molecule has 0 spiro atoms. The van der Waals surface area contributed by atoms with Gasteiger partial charge in [0.05, 0.1) is 42.4 Å². The number of pyridine rings is 1. The number of aryl methyl sites for hydroxylation is 2. The van der Waals surface area contributed by atoms with Crippen LogP contribution in [0.2, 0.25) is 0 Å². The average Bonchev–Trinajstić information content (AvgIpc) is 3.49. The van der Waals surface area contributed by atoms with E-state index >= 15 is 0 Å². The maximum absolute atomic E-state index is 13.0. The van der Waals surface area contributed by atoms with E-state index in [1.807, 2.05) is 13.0 Å². The van der Waals surface area contributed by atoms with Crippen LogP contribution in [0.3, 0.4) is 0 Å². The number of carbonyl (C=O) groups is 1. The molecule has 0 aliphatic carbocycles. The maximum Gasteiger partial charge on any atom is 0.274 e. The van der Waals surface area contributed by atoms with Gasteiger partial charge in [0.2, 0.25) is 11.8 Å². The summed E-state index contributed by atoms with van der Waals surface area (Å²) in [5.41, 5.74) is 3.06. The molecular formula is C22H25BrN8O3. The molecule has 0 aromatic carbocycles. The molecule has 4 aromatic heterocycles. The Hall–Kier alpha value is -3.67. The van der Waals surface area contributed by atoms with E-state index in [9.17, 15) is 4.79 Å². The number of hydrogen-bond acceptors (Lipinski definition) is 7. The van der Waals surface area contributed by atoms with Crippen molar-refractivity contribution in [1.82, 2.24) is 39.6 Å². The minimum absolute atomic E-state index is 0.248. The second-order valence-electron chi connectivity index (χ2n) is 7.51. The van der Waals surface area contributed by atoms with E-state index in [1.54, 1.807) is 53.9 Å². The van der Waals surface area contributed by atoms with Gasteiger partial charge in [0.25, 0.3) is 5.91 Å². The van der Waals surface area contributed by atoms with Crippen molar-refractivity contribution in [2.75, 3.05) is 26.8 Å². The molecule has 12 heteroatoms. The third-order valence-electron chi connectivity index (χ3n) is 5.28. The third-order valence-corrected chi connectivity index (χ3v) is 5.89. The first-order chi connectivity index (χ1) is 16.3. The Kier molecular flexibility index (Phi) is 6.68. The van der Waals surface area contributed by atoms with Gasteiger partial charge in [-0.1, -0.05) is 12.7 Å². The maximum atomic E-state index is 13.0. The fourth-order valence-electron chi connectivity index (χ4n) is 3.54. The van der Waals surface area contributed by atoms with Crippen molar-refractivity contribution in [2.45, 2.75) is 6.92 Å². The summed E-state index contributed by atoms with van der Waals surface area (Å²) in [5, 5.41) is 16.6. The second-order valence-corrected chi connectivity index (χ2v) is 8.31. The second kappa shape index (κ2) is 9.67. The predicted molar refractivity (Wildman–Crippen MR) is 131 cm³/mol. The number of nitrogens with one attached hydrogen (secondary N) is 1. The Morgan fingerprint density at radius 2 is 2.06 bits per heavy atom. The van der Waals surface area contributed by atoms with Gasteiger partial charge in [0, 0.05) is 26.5 Å². The van der Waals surface area contributed by atoms with Crippen molar-refractivity contribution in [3.8, 4) is 23.0 Å². The van der Waals surface area contributed by atoms with E-state index in [0.29, 0.717) is 36.2 Å². The van der Waals surface area contributed by atoms with Gasteiger partial charge >= 0.3 is 0 Å². The van der Waals surface area contributed by atoms with E-state index < -0.39 is 0 Å². The van der Waals surface area contributed by atoms with Gasteiger partial charge in [-0.25, -0.2) is 9.36 Å². The number of likely N-dealkylation sites (N-methyl/N-ethyl adjacent to an activating group) is 1. The van der Waals surface area contributed by atoms with Crippen molar-refractivity contribution in [3.05, 3.63) is 40.9 Å². The highest BCUT2D eigenvalue weighted by atomic mass is 79.9. The summed E-state index contributed by atoms with van der Waals surface area (Å²) in [4.78, 5) is 19.1. The van der Waals surface area contributed by atoms with Crippen LogP contribution in [-0.2, 0) is 14.1 Å². The third kappa shape index (κ3) is 4.28. The van der Waals surface area contributed by atoms with Gasteiger partial charge in [0.15, 0.2) is 5.69 Å². The molecule has 11 nitrogen and oxygen atoms in total. The molecule has 4 heterocycles. The Bertz CT molecular complexity index is 1360. The topological polar surface area (TPSA) is 116 Å². The number of H-pyrrole nitrogens is 1. The van der Waals surface area contributed by atoms with E-state index in [1.165, 1.54) is 0 Å². The molecule has 0 fully saturated rings. The molecule has 4 rings (SSSR count). The van der Waals surface area contributed by atoms with Crippen molar-refractivity contribution < 1.29 is 14.3 Å². The van der Waals surface area contributed by atoms with Crippen LogP contribution in [0.5, 0.6) is 11.8 Å². The van der Waals surface area contributed by atoms with Crippen LogP contribution in [-0.4, -0.2) is 72.4 Å². The fraction of sp³-hybridized carbons (Fsp3) is 0.318. The number of nitrogens with zero attached hydrogens (tertiary/aromatic N) is 7. The summed E-state index contributed by atoms with van der Waals surface area (Å²) in [5.74, 6) is 0.816. The zero-order valence-electron chi connectivity index (χ0n) is 19.4. The highest BCUT2D eigenvalue weighted by molar-refractivity contribution is 9.10. The van der Waals surface area contributed by atoms with Crippen LogP contribution in [0.25, 0.3) is 28.2 Å². The monoisotopic (exact) mass is 528 g/mol. The number of aromatic amines is 1. The Morgan fingerprint density at radius 3 is 2.79 bits per heavy atom. The van der Waals surface area contributed by atoms with Crippen LogP contribution in [0, 0.1) is 0 Å². The van der Waals surface area contributed by atoms with Crippen molar-refractivity contribution in [3.63, 3.8) is 0 Å². The van der Waals surface area contributed by atoms with E-state index in [4.69, 9.17) is 9.47 Å². The molecule has 34 heavy (non-hydrogen) atoms. The summed E-state index contributed by atoms with van der Waals surface area (Å²) >= 11 is 3.46. The van der Waals surface area contributed by atoms with E-state index in [2.05, 4.69) is 47.9 Å². The number of rotatable bonds is 9. The summed E-state index contributed by atoms with van der Waals surface area (Å²) in [7, 11) is 5.22. The van der Waals surface area contributed by atoms with Gasteiger partial charge in [-0.05, 0) is 28.9 Å². The number of fused-ring (bicyclic) bond motifs is 1. The Balaban J connectivity index is 1.47. The van der Waals surface area contributed by atoms with Gasteiger partial charge < -0.3 is 14.4 Å². The first kappa shape index (κ1) is 23.5. The van der Waals surface area contributed by atoms with Crippen LogP contribution in [0.1, 0.15) is 23.0 Å². The first-order valence-electron chi connectivity index (χ1n) is 10.6. The van der Waals surface area contributed by atoms with Crippen molar-refractivity contribution >= 4 is 38.8 Å². The smallest absolute Gasteiger partial charge is 0.274 e.